The number of amides is 1. The number of carbonyl (C=O) groups is 2. The molecule has 2 bridgehead atoms. The van der Waals surface area contributed by atoms with Crippen LogP contribution in [0.25, 0.3) is 0 Å². The van der Waals surface area contributed by atoms with Gasteiger partial charge in [0.25, 0.3) is 5.91 Å². The number of carboxylic acids is 1. The first kappa shape index (κ1) is 13.0. The highest BCUT2D eigenvalue weighted by Gasteiger charge is 2.51. The molecule has 106 valence electrons. The molecule has 3 unspecified atom stereocenters. The van der Waals surface area contributed by atoms with Gasteiger partial charge in [-0.25, -0.2) is 8.78 Å². The van der Waals surface area contributed by atoms with E-state index in [1.54, 1.807) is 0 Å². The summed E-state index contributed by atoms with van der Waals surface area (Å²) in [7, 11) is 0. The van der Waals surface area contributed by atoms with Crippen LogP contribution in [0, 0.1) is 17.6 Å². The molecule has 0 aromatic heterocycles. The lowest BCUT2D eigenvalue weighted by atomic mass is 9.89. The average Bonchev–Trinajstić information content (AvgIpc) is 2.95. The summed E-state index contributed by atoms with van der Waals surface area (Å²) in [5, 5.41) is 9.13. The van der Waals surface area contributed by atoms with Crippen LogP contribution in [0.2, 0.25) is 0 Å². The van der Waals surface area contributed by atoms with Crippen LogP contribution in [0.1, 0.15) is 29.6 Å². The molecule has 20 heavy (non-hydrogen) atoms. The zero-order valence-electron chi connectivity index (χ0n) is 10.6. The van der Waals surface area contributed by atoms with Gasteiger partial charge in [0.1, 0.15) is 11.6 Å². The lowest BCUT2D eigenvalue weighted by molar-refractivity contribution is -0.142. The molecule has 0 aliphatic carbocycles. The SMILES string of the molecule is O=C(O)C1CC2CCC1N2C(=O)c1ccc(F)cc1F. The fraction of sp³-hybridized carbons (Fsp3) is 0.429. The van der Waals surface area contributed by atoms with Gasteiger partial charge in [0.15, 0.2) is 0 Å². The van der Waals surface area contributed by atoms with Crippen molar-refractivity contribution in [3.8, 4) is 0 Å². The maximum Gasteiger partial charge on any atom is 0.308 e. The molecule has 2 heterocycles. The Morgan fingerprint density at radius 2 is 2.00 bits per heavy atom. The minimum absolute atomic E-state index is 0.155. The first-order valence-electron chi connectivity index (χ1n) is 6.49. The van der Waals surface area contributed by atoms with Crippen molar-refractivity contribution in [1.82, 2.24) is 4.90 Å². The predicted octanol–water partition coefficient (Wildman–Crippen LogP) is 2.04. The smallest absolute Gasteiger partial charge is 0.308 e. The van der Waals surface area contributed by atoms with Gasteiger partial charge in [-0.15, -0.1) is 0 Å². The molecule has 2 aliphatic rings. The Hall–Kier alpha value is -1.98. The van der Waals surface area contributed by atoms with E-state index >= 15 is 0 Å². The van der Waals surface area contributed by atoms with Gasteiger partial charge in [-0.3, -0.25) is 9.59 Å². The Labute approximate surface area is 114 Å². The second kappa shape index (κ2) is 4.54. The number of carbonyl (C=O) groups excluding carboxylic acids is 1. The summed E-state index contributed by atoms with van der Waals surface area (Å²) in [5.74, 6) is -3.70. The summed E-state index contributed by atoms with van der Waals surface area (Å²) in [6.45, 7) is 0. The van der Waals surface area contributed by atoms with E-state index in [1.165, 1.54) is 4.90 Å². The van der Waals surface area contributed by atoms with Gasteiger partial charge in [0.2, 0.25) is 0 Å². The van der Waals surface area contributed by atoms with Crippen molar-refractivity contribution < 1.29 is 23.5 Å². The molecule has 0 radical (unpaired) electrons. The van der Waals surface area contributed by atoms with Gasteiger partial charge in [0.05, 0.1) is 11.5 Å². The van der Waals surface area contributed by atoms with Gasteiger partial charge in [-0.1, -0.05) is 0 Å². The van der Waals surface area contributed by atoms with Gasteiger partial charge in [-0.2, -0.15) is 0 Å². The third kappa shape index (κ3) is 1.87. The number of halogens is 2. The van der Waals surface area contributed by atoms with Gasteiger partial charge in [-0.05, 0) is 31.4 Å². The van der Waals surface area contributed by atoms with Crippen LogP contribution in [0.5, 0.6) is 0 Å². The van der Waals surface area contributed by atoms with E-state index < -0.39 is 29.4 Å². The normalized spacial score (nSPS) is 27.9. The molecule has 6 heteroatoms. The average molecular weight is 281 g/mol. The third-order valence-electron chi connectivity index (χ3n) is 4.25. The fourth-order valence-corrected chi connectivity index (χ4v) is 3.37. The highest BCUT2D eigenvalue weighted by atomic mass is 19.1. The van der Waals surface area contributed by atoms with E-state index in [2.05, 4.69) is 0 Å². The van der Waals surface area contributed by atoms with E-state index in [0.717, 1.165) is 18.6 Å². The number of carboxylic acid groups (broad SMARTS) is 1. The van der Waals surface area contributed by atoms with E-state index in [0.29, 0.717) is 18.9 Å². The first-order valence-corrected chi connectivity index (χ1v) is 6.49. The molecule has 3 atom stereocenters. The fourth-order valence-electron chi connectivity index (χ4n) is 3.37. The van der Waals surface area contributed by atoms with E-state index in [9.17, 15) is 18.4 Å². The van der Waals surface area contributed by atoms with Crippen molar-refractivity contribution in [3.05, 3.63) is 35.4 Å². The summed E-state index contributed by atoms with van der Waals surface area (Å²) < 4.78 is 26.6. The van der Waals surface area contributed by atoms with Crippen molar-refractivity contribution in [3.63, 3.8) is 0 Å². The Kier molecular flexibility index (Phi) is 2.96. The molecule has 0 saturated carbocycles. The Morgan fingerprint density at radius 1 is 1.25 bits per heavy atom. The van der Waals surface area contributed by atoms with Crippen LogP contribution in [0.15, 0.2) is 18.2 Å². The van der Waals surface area contributed by atoms with Gasteiger partial charge >= 0.3 is 5.97 Å². The lowest BCUT2D eigenvalue weighted by Gasteiger charge is -2.23. The molecule has 1 N–H and O–H groups in total. The summed E-state index contributed by atoms with van der Waals surface area (Å²) >= 11 is 0. The quantitative estimate of drug-likeness (QED) is 0.902. The largest absolute Gasteiger partial charge is 0.481 e. The Bertz CT molecular complexity index is 590. The first-order chi connectivity index (χ1) is 9.49. The highest BCUT2D eigenvalue weighted by molar-refractivity contribution is 5.96. The zero-order chi connectivity index (χ0) is 14.4. The number of hydrogen-bond acceptors (Lipinski definition) is 2. The van der Waals surface area contributed by atoms with Crippen LogP contribution in [0.4, 0.5) is 8.78 Å². The lowest BCUT2D eigenvalue weighted by Crippen LogP contribution is -2.38. The van der Waals surface area contributed by atoms with E-state index in [-0.39, 0.29) is 17.6 Å². The zero-order valence-corrected chi connectivity index (χ0v) is 10.6. The molecule has 4 nitrogen and oxygen atoms in total. The van der Waals surface area contributed by atoms with Crippen molar-refractivity contribution in [2.75, 3.05) is 0 Å². The Balaban J connectivity index is 1.90. The number of nitrogens with zero attached hydrogens (tertiary/aromatic N) is 1. The molecular formula is C14H13F2NO3. The number of aliphatic carboxylic acids is 1. The summed E-state index contributed by atoms with van der Waals surface area (Å²) in [4.78, 5) is 25.0. The van der Waals surface area contributed by atoms with Crippen LogP contribution < -0.4 is 0 Å². The predicted molar refractivity (Wildman–Crippen MR) is 65.1 cm³/mol. The van der Waals surface area contributed by atoms with Crippen LogP contribution in [0.3, 0.4) is 0 Å². The highest BCUT2D eigenvalue weighted by Crippen LogP contribution is 2.42. The van der Waals surface area contributed by atoms with Crippen molar-refractivity contribution in [2.45, 2.75) is 31.3 Å². The second-order valence-corrected chi connectivity index (χ2v) is 5.32. The maximum atomic E-state index is 13.7. The van der Waals surface area contributed by atoms with Gasteiger partial charge in [0, 0.05) is 18.2 Å². The van der Waals surface area contributed by atoms with Crippen molar-refractivity contribution in [2.24, 2.45) is 5.92 Å². The molecule has 1 aromatic rings. The minimum atomic E-state index is -0.922. The second-order valence-electron chi connectivity index (χ2n) is 5.32. The molecule has 0 spiro atoms. The third-order valence-corrected chi connectivity index (χ3v) is 4.25. The summed E-state index contributed by atoms with van der Waals surface area (Å²) in [5.41, 5.74) is -0.200. The van der Waals surface area contributed by atoms with Crippen LogP contribution in [-0.2, 0) is 4.79 Å². The molecular weight excluding hydrogens is 268 g/mol. The van der Waals surface area contributed by atoms with E-state index in [1.807, 2.05) is 0 Å². The number of benzene rings is 1. The standard InChI is InChI=1S/C14H13F2NO3/c15-7-1-3-9(11(16)5-7)13(18)17-8-2-4-12(17)10(6-8)14(19)20/h1,3,5,8,10,12H,2,4,6H2,(H,19,20). The maximum absolute atomic E-state index is 13.7. The van der Waals surface area contributed by atoms with Gasteiger partial charge < -0.3 is 10.0 Å². The summed E-state index contributed by atoms with van der Waals surface area (Å²) in [6.07, 6.45) is 1.77. The van der Waals surface area contributed by atoms with Crippen LogP contribution >= 0.6 is 0 Å². The molecule has 1 amide bonds. The Morgan fingerprint density at radius 3 is 2.60 bits per heavy atom. The molecule has 2 saturated heterocycles. The van der Waals surface area contributed by atoms with Crippen molar-refractivity contribution in [1.29, 1.82) is 0 Å². The van der Waals surface area contributed by atoms with Crippen molar-refractivity contribution >= 4 is 11.9 Å². The molecule has 2 aliphatic heterocycles. The number of rotatable bonds is 2. The van der Waals surface area contributed by atoms with E-state index in [4.69, 9.17) is 5.11 Å². The molecule has 1 aromatic carbocycles. The monoisotopic (exact) mass is 281 g/mol. The topological polar surface area (TPSA) is 57.6 Å². The van der Waals surface area contributed by atoms with Crippen LogP contribution in [-0.4, -0.2) is 34.0 Å². The number of fused-ring (bicyclic) bond motifs is 2. The minimum Gasteiger partial charge on any atom is -0.481 e. The summed E-state index contributed by atoms with van der Waals surface area (Å²) in [6, 6.07) is 2.27. The molecule has 3 rings (SSSR count). The number of hydrogen-bond donors (Lipinski definition) is 1. The molecule has 2 fully saturated rings.